The maximum absolute atomic E-state index is 11.6. The molecule has 0 saturated carbocycles. The van der Waals surface area contributed by atoms with Gasteiger partial charge in [-0.25, -0.2) is 0 Å². The number of nitrogens with zero attached hydrogens (tertiary/aromatic N) is 5. The fourth-order valence-electron chi connectivity index (χ4n) is 4.39. The van der Waals surface area contributed by atoms with Crippen molar-refractivity contribution in [3.63, 3.8) is 0 Å². The summed E-state index contributed by atoms with van der Waals surface area (Å²) in [5.74, 6) is 1.36. The van der Waals surface area contributed by atoms with E-state index in [-0.39, 0.29) is 36.2 Å². The Hall–Kier alpha value is -2.57. The number of rotatable bonds is 6. The van der Waals surface area contributed by atoms with Gasteiger partial charge in [0, 0.05) is 55.4 Å². The number of Topliss-reactive ketones (excluding diaryl/α,β-unsaturated/α-hetero) is 1. The number of aliphatic hydroxyl groups excluding tert-OH is 1. The third-order valence-corrected chi connectivity index (χ3v) is 6.24. The Balaban J connectivity index is 0.00000324. The molecule has 2 aliphatic rings. The molecule has 0 aliphatic carbocycles. The molecule has 0 unspecified atom stereocenters. The lowest BCUT2D eigenvalue weighted by molar-refractivity contribution is 0.0916. The van der Waals surface area contributed by atoms with E-state index in [0.29, 0.717) is 62.6 Å². The molecule has 0 amide bonds. The van der Waals surface area contributed by atoms with Gasteiger partial charge in [-0.2, -0.15) is 15.0 Å². The Labute approximate surface area is 205 Å². The summed E-state index contributed by atoms with van der Waals surface area (Å²) in [6, 6.07) is 7.03. The quantitative estimate of drug-likeness (QED) is 0.350. The number of carbonyl (C=O) groups is 1. The molecule has 1 aromatic heterocycles. The average Bonchev–Trinajstić information content (AvgIpc) is 2.79. The second-order valence-corrected chi connectivity index (χ2v) is 8.98. The highest BCUT2D eigenvalue weighted by Crippen LogP contribution is 2.25. The van der Waals surface area contributed by atoms with Crippen molar-refractivity contribution in [2.75, 3.05) is 47.8 Å². The third-order valence-electron chi connectivity index (χ3n) is 6.24. The molecule has 2 fully saturated rings. The molecule has 34 heavy (non-hydrogen) atoms. The summed E-state index contributed by atoms with van der Waals surface area (Å²) in [6.07, 6.45) is 0.921. The van der Waals surface area contributed by atoms with Gasteiger partial charge in [-0.15, -0.1) is 12.4 Å². The normalized spacial score (nSPS) is 25.0. The highest BCUT2D eigenvalue weighted by atomic mass is 35.5. The Kier molecular flexibility index (Phi) is 8.61. The first-order valence-corrected chi connectivity index (χ1v) is 11.4. The van der Waals surface area contributed by atoms with E-state index in [1.807, 2.05) is 21.9 Å². The molecule has 11 nitrogen and oxygen atoms in total. The van der Waals surface area contributed by atoms with Crippen molar-refractivity contribution in [1.82, 2.24) is 15.0 Å². The van der Waals surface area contributed by atoms with Crippen LogP contribution in [0.2, 0.25) is 0 Å². The molecule has 1 aromatic carbocycles. The highest BCUT2D eigenvalue weighted by molar-refractivity contribution is 5.94. The van der Waals surface area contributed by atoms with Crippen LogP contribution in [0.1, 0.15) is 30.1 Å². The van der Waals surface area contributed by atoms with Crippen LogP contribution < -0.4 is 32.3 Å². The van der Waals surface area contributed by atoms with Crippen LogP contribution >= 0.6 is 12.4 Å². The number of nitrogens with two attached hydrogens (primary N) is 3. The van der Waals surface area contributed by atoms with Crippen molar-refractivity contribution in [3.05, 3.63) is 29.8 Å². The Morgan fingerprint density at radius 1 is 1.06 bits per heavy atom. The number of nitrogens with one attached hydrogen (secondary N) is 1. The number of carbonyl (C=O) groups excluding carboxylic acids is 1. The van der Waals surface area contributed by atoms with Crippen molar-refractivity contribution in [2.24, 2.45) is 23.1 Å². The second-order valence-electron chi connectivity index (χ2n) is 8.98. The smallest absolute Gasteiger partial charge is 0.233 e. The summed E-state index contributed by atoms with van der Waals surface area (Å²) >= 11 is 0. The summed E-state index contributed by atoms with van der Waals surface area (Å²) in [7, 11) is 0. The Morgan fingerprint density at radius 2 is 1.68 bits per heavy atom. The third kappa shape index (κ3) is 6.10. The number of aromatic nitrogens is 3. The van der Waals surface area contributed by atoms with Gasteiger partial charge in [0.15, 0.2) is 5.78 Å². The van der Waals surface area contributed by atoms with Gasteiger partial charge in [0.2, 0.25) is 17.8 Å². The fourth-order valence-corrected chi connectivity index (χ4v) is 4.39. The van der Waals surface area contributed by atoms with E-state index >= 15 is 0 Å². The van der Waals surface area contributed by atoms with Gasteiger partial charge in [0.25, 0.3) is 0 Å². The second kappa shape index (κ2) is 11.2. The molecule has 2 aliphatic heterocycles. The molecule has 4 atom stereocenters. The first kappa shape index (κ1) is 26.0. The summed E-state index contributed by atoms with van der Waals surface area (Å²) in [6.45, 7) is 4.31. The zero-order chi connectivity index (χ0) is 23.5. The minimum atomic E-state index is -0.428. The number of benzene rings is 1. The minimum absolute atomic E-state index is 0. The topological polar surface area (TPSA) is 173 Å². The van der Waals surface area contributed by atoms with Gasteiger partial charge in [-0.05, 0) is 50.6 Å². The van der Waals surface area contributed by atoms with Crippen LogP contribution in [-0.4, -0.2) is 76.8 Å². The molecule has 2 aromatic rings. The highest BCUT2D eigenvalue weighted by Gasteiger charge is 2.30. The molecule has 0 bridgehead atoms. The number of hydrogen-bond donors (Lipinski definition) is 5. The standard InChI is InChI=1S/C22H33N9O2.ClH/c1-13(32)14-2-4-18(5-3-14)26-20-27-21(30-7-6-19(33)15(9-23)10-30)29-22(28-20)31-11-16(24)8-17(25)12-31;/h2-5,15-17,19,33H,6-12,23-25H2,1H3,(H,26,27,28,29);1H/t15-,16-,17+,19+;/m0./s1. The van der Waals surface area contributed by atoms with Gasteiger partial charge in [-0.1, -0.05) is 0 Å². The Morgan fingerprint density at radius 3 is 2.26 bits per heavy atom. The van der Waals surface area contributed by atoms with Crippen molar-refractivity contribution >= 4 is 41.7 Å². The van der Waals surface area contributed by atoms with Crippen LogP contribution in [0, 0.1) is 5.92 Å². The summed E-state index contributed by atoms with van der Waals surface area (Å²) in [4.78, 5) is 29.6. The van der Waals surface area contributed by atoms with Crippen LogP contribution in [0.5, 0.6) is 0 Å². The maximum atomic E-state index is 11.6. The van der Waals surface area contributed by atoms with Crippen molar-refractivity contribution in [2.45, 2.75) is 38.0 Å². The van der Waals surface area contributed by atoms with E-state index in [1.165, 1.54) is 6.92 Å². The number of hydrogen-bond acceptors (Lipinski definition) is 11. The number of piperidine rings is 2. The number of halogens is 1. The number of anilines is 4. The lowest BCUT2D eigenvalue weighted by Gasteiger charge is -2.37. The van der Waals surface area contributed by atoms with Crippen LogP contribution in [0.25, 0.3) is 0 Å². The first-order valence-electron chi connectivity index (χ1n) is 11.4. The molecule has 0 radical (unpaired) electrons. The van der Waals surface area contributed by atoms with E-state index < -0.39 is 6.10 Å². The lowest BCUT2D eigenvalue weighted by Crippen LogP contribution is -2.53. The summed E-state index contributed by atoms with van der Waals surface area (Å²) < 4.78 is 0. The fraction of sp³-hybridized carbons (Fsp3) is 0.545. The lowest BCUT2D eigenvalue weighted by atomic mass is 9.95. The molecule has 8 N–H and O–H groups in total. The molecular weight excluding hydrogens is 458 g/mol. The van der Waals surface area contributed by atoms with Crippen LogP contribution in [0.4, 0.5) is 23.5 Å². The van der Waals surface area contributed by atoms with Crippen LogP contribution in [0.3, 0.4) is 0 Å². The van der Waals surface area contributed by atoms with Crippen molar-refractivity contribution in [1.29, 1.82) is 0 Å². The average molecular weight is 492 g/mol. The number of aliphatic hydroxyl groups is 1. The van der Waals surface area contributed by atoms with Crippen molar-refractivity contribution in [3.8, 4) is 0 Å². The predicted octanol–water partition coefficient (Wildman–Crippen LogP) is 0.250. The van der Waals surface area contributed by atoms with Gasteiger partial charge < -0.3 is 37.4 Å². The summed E-state index contributed by atoms with van der Waals surface area (Å²) in [5, 5.41) is 13.5. The van der Waals surface area contributed by atoms with Gasteiger partial charge in [0.05, 0.1) is 6.10 Å². The molecular formula is C22H34ClN9O2. The zero-order valence-corrected chi connectivity index (χ0v) is 20.1. The van der Waals surface area contributed by atoms with Crippen LogP contribution in [-0.2, 0) is 0 Å². The maximum Gasteiger partial charge on any atom is 0.233 e. The van der Waals surface area contributed by atoms with Gasteiger partial charge in [-0.3, -0.25) is 4.79 Å². The molecule has 4 rings (SSSR count). The van der Waals surface area contributed by atoms with Crippen molar-refractivity contribution < 1.29 is 9.90 Å². The first-order chi connectivity index (χ1) is 15.8. The summed E-state index contributed by atoms with van der Waals surface area (Å²) in [5.41, 5.74) is 19.6. The SMILES string of the molecule is CC(=O)c1ccc(Nc2nc(N3C[C@H](N)C[C@H](N)C3)nc(N3CC[C@@H](O)[C@@H](CN)C3)n2)cc1.Cl. The van der Waals surface area contributed by atoms with E-state index in [1.54, 1.807) is 12.1 Å². The van der Waals surface area contributed by atoms with Gasteiger partial charge in [0.1, 0.15) is 0 Å². The van der Waals surface area contributed by atoms with E-state index in [4.69, 9.17) is 22.2 Å². The monoisotopic (exact) mass is 491 g/mol. The van der Waals surface area contributed by atoms with E-state index in [2.05, 4.69) is 15.3 Å². The minimum Gasteiger partial charge on any atom is -0.393 e. The zero-order valence-electron chi connectivity index (χ0n) is 19.3. The molecule has 3 heterocycles. The molecule has 2 saturated heterocycles. The molecule has 12 heteroatoms. The largest absolute Gasteiger partial charge is 0.393 e. The Bertz CT molecular complexity index is 967. The van der Waals surface area contributed by atoms with Crippen LogP contribution in [0.15, 0.2) is 24.3 Å². The predicted molar refractivity (Wildman–Crippen MR) is 135 cm³/mol. The molecule has 186 valence electrons. The van der Waals surface area contributed by atoms with E-state index in [0.717, 1.165) is 12.1 Å². The molecule has 0 spiro atoms. The van der Waals surface area contributed by atoms with Gasteiger partial charge >= 0.3 is 0 Å². The number of ketones is 1. The van der Waals surface area contributed by atoms with E-state index in [9.17, 15) is 9.90 Å².